The number of hydrogen-bond acceptors (Lipinski definition) is 5. The number of carbonyl (C=O) groups is 3. The molecule has 1 aliphatic rings. The van der Waals surface area contributed by atoms with Crippen molar-refractivity contribution < 1.29 is 19.1 Å². The first-order valence-electron chi connectivity index (χ1n) is 10.2. The SMILES string of the molecule is Cc1cccc(NC(=O)C(=O)N/N=C\c2ccccc2OCC(=O)N2CCCC2)c1C. The molecule has 2 N–H and O–H groups in total. The summed E-state index contributed by atoms with van der Waals surface area (Å²) >= 11 is 0. The molecular weight excluding hydrogens is 396 g/mol. The maximum Gasteiger partial charge on any atom is 0.329 e. The molecule has 1 aliphatic heterocycles. The average Bonchev–Trinajstić information content (AvgIpc) is 3.31. The van der Waals surface area contributed by atoms with Crippen molar-refractivity contribution in [2.24, 2.45) is 5.10 Å². The summed E-state index contributed by atoms with van der Waals surface area (Å²) in [6, 6.07) is 12.5. The van der Waals surface area contributed by atoms with Crippen LogP contribution in [0.2, 0.25) is 0 Å². The van der Waals surface area contributed by atoms with Crippen LogP contribution in [0.15, 0.2) is 47.6 Å². The van der Waals surface area contributed by atoms with Crippen LogP contribution in [0.3, 0.4) is 0 Å². The van der Waals surface area contributed by atoms with E-state index in [0.717, 1.165) is 37.1 Å². The number of hydrogen-bond donors (Lipinski definition) is 2. The van der Waals surface area contributed by atoms with Crippen LogP contribution < -0.4 is 15.5 Å². The molecule has 1 heterocycles. The maximum atomic E-state index is 12.2. The van der Waals surface area contributed by atoms with Gasteiger partial charge in [-0.05, 0) is 56.0 Å². The molecule has 0 spiro atoms. The lowest BCUT2D eigenvalue weighted by molar-refractivity contribution is -0.136. The number of nitrogens with one attached hydrogen (secondary N) is 2. The van der Waals surface area contributed by atoms with Gasteiger partial charge in [-0.3, -0.25) is 14.4 Å². The standard InChI is InChI=1S/C23H26N4O4/c1-16-8-7-10-19(17(16)2)25-22(29)23(30)26-24-14-18-9-3-4-11-20(18)31-15-21(28)27-12-5-6-13-27/h3-4,7-11,14H,5-6,12-13,15H2,1-2H3,(H,25,29)(H,26,30)/b24-14-. The van der Waals surface area contributed by atoms with E-state index in [9.17, 15) is 14.4 Å². The number of benzene rings is 2. The summed E-state index contributed by atoms with van der Waals surface area (Å²) in [4.78, 5) is 38.1. The molecular formula is C23H26N4O4. The normalized spacial score (nSPS) is 13.3. The van der Waals surface area contributed by atoms with Crippen LogP contribution in [0.25, 0.3) is 0 Å². The maximum absolute atomic E-state index is 12.2. The number of nitrogens with zero attached hydrogens (tertiary/aromatic N) is 2. The summed E-state index contributed by atoms with van der Waals surface area (Å²) in [5.41, 5.74) is 5.26. The second-order valence-electron chi connectivity index (χ2n) is 7.32. The predicted octanol–water partition coefficient (Wildman–Crippen LogP) is 2.39. The van der Waals surface area contributed by atoms with Crippen molar-refractivity contribution in [2.75, 3.05) is 25.0 Å². The first-order chi connectivity index (χ1) is 15.0. The monoisotopic (exact) mass is 422 g/mol. The van der Waals surface area contributed by atoms with Gasteiger partial charge in [-0.2, -0.15) is 5.10 Å². The molecule has 162 valence electrons. The Morgan fingerprint density at radius 1 is 1.03 bits per heavy atom. The molecule has 0 aliphatic carbocycles. The Morgan fingerprint density at radius 3 is 2.55 bits per heavy atom. The number of ether oxygens (including phenoxy) is 1. The van der Waals surface area contributed by atoms with Crippen molar-refractivity contribution >= 4 is 29.6 Å². The summed E-state index contributed by atoms with van der Waals surface area (Å²) in [6.45, 7) is 5.26. The molecule has 1 fully saturated rings. The zero-order chi connectivity index (χ0) is 22.2. The van der Waals surface area contributed by atoms with Gasteiger partial charge in [-0.25, -0.2) is 5.43 Å². The van der Waals surface area contributed by atoms with Crippen molar-refractivity contribution in [3.63, 3.8) is 0 Å². The minimum atomic E-state index is -0.889. The van der Waals surface area contributed by atoms with Crippen LogP contribution in [-0.2, 0) is 14.4 Å². The van der Waals surface area contributed by atoms with Gasteiger partial charge in [0.25, 0.3) is 5.91 Å². The molecule has 0 aromatic heterocycles. The molecule has 2 aromatic rings. The van der Waals surface area contributed by atoms with E-state index in [1.807, 2.05) is 19.9 Å². The van der Waals surface area contributed by atoms with Gasteiger partial charge in [-0.1, -0.05) is 24.3 Å². The van der Waals surface area contributed by atoms with E-state index in [4.69, 9.17) is 4.74 Å². The summed E-state index contributed by atoms with van der Waals surface area (Å²) in [6.07, 6.45) is 3.41. The molecule has 8 nitrogen and oxygen atoms in total. The lowest BCUT2D eigenvalue weighted by atomic mass is 10.1. The highest BCUT2D eigenvalue weighted by molar-refractivity contribution is 6.39. The highest BCUT2D eigenvalue weighted by Gasteiger charge is 2.18. The fourth-order valence-corrected chi connectivity index (χ4v) is 3.19. The summed E-state index contributed by atoms with van der Waals surface area (Å²) in [5, 5.41) is 6.43. The fourth-order valence-electron chi connectivity index (χ4n) is 3.19. The van der Waals surface area contributed by atoms with Gasteiger partial charge in [0.15, 0.2) is 6.61 Å². The van der Waals surface area contributed by atoms with E-state index in [-0.39, 0.29) is 12.5 Å². The van der Waals surface area contributed by atoms with E-state index < -0.39 is 11.8 Å². The molecule has 1 saturated heterocycles. The molecule has 0 atom stereocenters. The van der Waals surface area contributed by atoms with E-state index in [0.29, 0.717) is 17.0 Å². The first-order valence-corrected chi connectivity index (χ1v) is 10.2. The number of hydrazone groups is 1. The highest BCUT2D eigenvalue weighted by atomic mass is 16.5. The Labute approximate surface area is 181 Å². The third-order valence-electron chi connectivity index (χ3n) is 5.16. The predicted molar refractivity (Wildman–Crippen MR) is 118 cm³/mol. The Kier molecular flexibility index (Phi) is 7.37. The lowest BCUT2D eigenvalue weighted by Crippen LogP contribution is -2.32. The molecule has 0 unspecified atom stereocenters. The van der Waals surface area contributed by atoms with Crippen LogP contribution in [0, 0.1) is 13.8 Å². The molecule has 3 rings (SSSR count). The van der Waals surface area contributed by atoms with Crippen LogP contribution in [-0.4, -0.2) is 48.5 Å². The van der Waals surface area contributed by atoms with E-state index in [1.165, 1.54) is 6.21 Å². The van der Waals surface area contributed by atoms with Gasteiger partial charge in [-0.15, -0.1) is 0 Å². The number of para-hydroxylation sites is 1. The van der Waals surface area contributed by atoms with Crippen LogP contribution in [0.1, 0.15) is 29.5 Å². The van der Waals surface area contributed by atoms with Crippen LogP contribution in [0.4, 0.5) is 5.69 Å². The number of rotatable bonds is 6. The minimum absolute atomic E-state index is 0.0549. The first kappa shape index (κ1) is 22.0. The largest absolute Gasteiger partial charge is 0.483 e. The smallest absolute Gasteiger partial charge is 0.329 e. The van der Waals surface area contributed by atoms with Crippen LogP contribution >= 0.6 is 0 Å². The van der Waals surface area contributed by atoms with E-state index in [2.05, 4.69) is 15.8 Å². The van der Waals surface area contributed by atoms with Gasteiger partial charge < -0.3 is 15.0 Å². The zero-order valence-corrected chi connectivity index (χ0v) is 17.7. The Balaban J connectivity index is 1.55. The number of anilines is 1. The van der Waals surface area contributed by atoms with Crippen molar-refractivity contribution in [3.05, 3.63) is 59.2 Å². The third-order valence-corrected chi connectivity index (χ3v) is 5.16. The Morgan fingerprint density at radius 2 is 1.77 bits per heavy atom. The van der Waals surface area contributed by atoms with Crippen molar-refractivity contribution in [3.8, 4) is 5.75 Å². The van der Waals surface area contributed by atoms with Gasteiger partial charge >= 0.3 is 11.8 Å². The number of likely N-dealkylation sites (tertiary alicyclic amines) is 1. The van der Waals surface area contributed by atoms with Gasteiger partial charge in [0.1, 0.15) is 5.75 Å². The number of aryl methyl sites for hydroxylation is 1. The quantitative estimate of drug-likeness (QED) is 0.424. The van der Waals surface area contributed by atoms with Crippen molar-refractivity contribution in [2.45, 2.75) is 26.7 Å². The molecule has 2 aromatic carbocycles. The van der Waals surface area contributed by atoms with Crippen molar-refractivity contribution in [1.82, 2.24) is 10.3 Å². The number of amides is 3. The summed E-state index contributed by atoms with van der Waals surface area (Å²) in [7, 11) is 0. The minimum Gasteiger partial charge on any atom is -0.483 e. The highest BCUT2D eigenvalue weighted by Crippen LogP contribution is 2.18. The average molecular weight is 422 g/mol. The number of carbonyl (C=O) groups excluding carboxylic acids is 3. The second kappa shape index (κ2) is 10.4. The molecule has 0 saturated carbocycles. The Bertz CT molecular complexity index is 997. The summed E-state index contributed by atoms with van der Waals surface area (Å²) < 4.78 is 5.65. The molecule has 8 heteroatoms. The molecule has 0 radical (unpaired) electrons. The summed E-state index contributed by atoms with van der Waals surface area (Å²) in [5.74, 6) is -1.29. The fraction of sp³-hybridized carbons (Fsp3) is 0.304. The second-order valence-corrected chi connectivity index (χ2v) is 7.32. The van der Waals surface area contributed by atoms with E-state index in [1.54, 1.807) is 41.3 Å². The molecule has 0 bridgehead atoms. The van der Waals surface area contributed by atoms with Gasteiger partial charge in [0.05, 0.1) is 6.21 Å². The van der Waals surface area contributed by atoms with Crippen molar-refractivity contribution in [1.29, 1.82) is 0 Å². The zero-order valence-electron chi connectivity index (χ0n) is 17.7. The van der Waals surface area contributed by atoms with Gasteiger partial charge in [0.2, 0.25) is 0 Å². The topological polar surface area (TPSA) is 100 Å². The third kappa shape index (κ3) is 5.91. The van der Waals surface area contributed by atoms with Gasteiger partial charge in [0, 0.05) is 24.3 Å². The van der Waals surface area contributed by atoms with Crippen LogP contribution in [0.5, 0.6) is 5.75 Å². The van der Waals surface area contributed by atoms with E-state index >= 15 is 0 Å². The lowest BCUT2D eigenvalue weighted by Gasteiger charge is -2.16. The molecule has 3 amide bonds. The molecule has 31 heavy (non-hydrogen) atoms. The Hall–Kier alpha value is -3.68.